The van der Waals surface area contributed by atoms with E-state index in [2.05, 4.69) is 26.2 Å². The second-order valence-electron chi connectivity index (χ2n) is 4.70. The molecule has 1 heterocycles. The van der Waals surface area contributed by atoms with Crippen LogP contribution in [0, 0.1) is 5.41 Å². The summed E-state index contributed by atoms with van der Waals surface area (Å²) in [5, 5.41) is 0. The van der Waals surface area contributed by atoms with Crippen molar-refractivity contribution in [2.24, 2.45) is 11.3 Å². The van der Waals surface area contributed by atoms with Gasteiger partial charge in [0.05, 0.1) is 6.26 Å². The van der Waals surface area contributed by atoms with E-state index < -0.39 is 0 Å². The highest BCUT2D eigenvalue weighted by atomic mass is 16.3. The van der Waals surface area contributed by atoms with E-state index in [1.807, 2.05) is 12.1 Å². The number of furan rings is 1. The average molecular weight is 196 g/mol. The molecule has 1 unspecified atom stereocenters. The van der Waals surface area contributed by atoms with Crippen molar-refractivity contribution < 1.29 is 4.42 Å². The Kier molecular flexibility index (Phi) is 3.72. The Labute approximate surface area is 85.6 Å². The topological polar surface area (TPSA) is 51.2 Å². The second kappa shape index (κ2) is 4.62. The third kappa shape index (κ3) is 3.16. The fraction of sp³-hybridized carbons (Fsp3) is 0.636. The van der Waals surface area contributed by atoms with Gasteiger partial charge in [-0.05, 0) is 24.0 Å². The molecule has 0 saturated carbocycles. The third-order valence-corrected chi connectivity index (χ3v) is 2.51. The predicted octanol–water partition coefficient (Wildman–Crippen LogP) is 2.09. The van der Waals surface area contributed by atoms with E-state index in [9.17, 15) is 0 Å². The van der Waals surface area contributed by atoms with Crippen molar-refractivity contribution >= 4 is 0 Å². The number of hydrogen-bond acceptors (Lipinski definition) is 3. The largest absolute Gasteiger partial charge is 0.469 e. The SMILES string of the molecule is CC(C)(C)C(CCc1ccco1)NN. The first-order chi connectivity index (χ1) is 6.54. The number of nitrogens with one attached hydrogen (secondary N) is 1. The molecule has 0 spiro atoms. The Bertz CT molecular complexity index is 249. The fourth-order valence-corrected chi connectivity index (χ4v) is 1.51. The molecule has 3 nitrogen and oxygen atoms in total. The summed E-state index contributed by atoms with van der Waals surface area (Å²) >= 11 is 0. The molecule has 1 rings (SSSR count). The number of hydrazine groups is 1. The van der Waals surface area contributed by atoms with Gasteiger partial charge in [0.25, 0.3) is 0 Å². The summed E-state index contributed by atoms with van der Waals surface area (Å²) in [5.74, 6) is 6.54. The van der Waals surface area contributed by atoms with Gasteiger partial charge in [-0.2, -0.15) is 0 Å². The Morgan fingerprint density at radius 3 is 2.64 bits per heavy atom. The molecule has 80 valence electrons. The lowest BCUT2D eigenvalue weighted by atomic mass is 9.84. The van der Waals surface area contributed by atoms with E-state index >= 15 is 0 Å². The molecule has 0 aliphatic heterocycles. The van der Waals surface area contributed by atoms with Crippen molar-refractivity contribution in [3.05, 3.63) is 24.2 Å². The second-order valence-corrected chi connectivity index (χ2v) is 4.70. The molecule has 0 radical (unpaired) electrons. The average Bonchev–Trinajstić information content (AvgIpc) is 2.55. The van der Waals surface area contributed by atoms with Gasteiger partial charge in [-0.15, -0.1) is 0 Å². The zero-order chi connectivity index (χ0) is 10.6. The van der Waals surface area contributed by atoms with Crippen molar-refractivity contribution in [1.29, 1.82) is 0 Å². The van der Waals surface area contributed by atoms with Gasteiger partial charge in [0.2, 0.25) is 0 Å². The van der Waals surface area contributed by atoms with Crippen molar-refractivity contribution in [2.75, 3.05) is 0 Å². The Morgan fingerprint density at radius 1 is 1.50 bits per heavy atom. The van der Waals surface area contributed by atoms with Gasteiger partial charge >= 0.3 is 0 Å². The van der Waals surface area contributed by atoms with Gasteiger partial charge in [0, 0.05) is 12.5 Å². The van der Waals surface area contributed by atoms with Gasteiger partial charge in [-0.25, -0.2) is 0 Å². The lowest BCUT2D eigenvalue weighted by Crippen LogP contribution is -2.44. The third-order valence-electron chi connectivity index (χ3n) is 2.51. The molecule has 1 atom stereocenters. The first-order valence-electron chi connectivity index (χ1n) is 5.02. The Balaban J connectivity index is 2.43. The summed E-state index contributed by atoms with van der Waals surface area (Å²) in [7, 11) is 0. The summed E-state index contributed by atoms with van der Waals surface area (Å²) in [5.41, 5.74) is 3.04. The van der Waals surface area contributed by atoms with Crippen LogP contribution >= 0.6 is 0 Å². The van der Waals surface area contributed by atoms with Crippen LogP contribution in [-0.4, -0.2) is 6.04 Å². The lowest BCUT2D eigenvalue weighted by molar-refractivity contribution is 0.253. The first-order valence-corrected chi connectivity index (χ1v) is 5.02. The van der Waals surface area contributed by atoms with E-state index in [1.165, 1.54) is 0 Å². The minimum absolute atomic E-state index is 0.182. The highest BCUT2D eigenvalue weighted by Gasteiger charge is 2.23. The predicted molar refractivity (Wildman–Crippen MR) is 57.6 cm³/mol. The van der Waals surface area contributed by atoms with Crippen molar-refractivity contribution in [1.82, 2.24) is 5.43 Å². The maximum Gasteiger partial charge on any atom is 0.103 e. The van der Waals surface area contributed by atoms with Gasteiger partial charge in [0.15, 0.2) is 0 Å². The van der Waals surface area contributed by atoms with E-state index in [0.29, 0.717) is 6.04 Å². The molecule has 0 bridgehead atoms. The standard InChI is InChI=1S/C11H20N2O/c1-11(2,3)10(13-12)7-6-9-5-4-8-14-9/h4-5,8,10,13H,6-7,12H2,1-3H3. The molecule has 1 aromatic heterocycles. The van der Waals surface area contributed by atoms with Crippen molar-refractivity contribution in [2.45, 2.75) is 39.7 Å². The van der Waals surface area contributed by atoms with Gasteiger partial charge < -0.3 is 4.42 Å². The van der Waals surface area contributed by atoms with Gasteiger partial charge in [0.1, 0.15) is 5.76 Å². The molecule has 0 amide bonds. The maximum absolute atomic E-state index is 5.52. The molecule has 0 aliphatic rings. The molecule has 0 aromatic carbocycles. The molecule has 14 heavy (non-hydrogen) atoms. The summed E-state index contributed by atoms with van der Waals surface area (Å²) in [6, 6.07) is 4.22. The molecular weight excluding hydrogens is 176 g/mol. The van der Waals surface area contributed by atoms with Crippen LogP contribution in [0.15, 0.2) is 22.8 Å². The van der Waals surface area contributed by atoms with Crippen LogP contribution in [0.3, 0.4) is 0 Å². The quantitative estimate of drug-likeness (QED) is 0.572. The van der Waals surface area contributed by atoms with Crippen LogP contribution in [0.25, 0.3) is 0 Å². The lowest BCUT2D eigenvalue weighted by Gasteiger charge is -2.29. The summed E-state index contributed by atoms with van der Waals surface area (Å²) in [6.07, 6.45) is 3.63. The normalized spacial score (nSPS) is 14.3. The number of rotatable bonds is 4. The molecule has 0 fully saturated rings. The summed E-state index contributed by atoms with van der Waals surface area (Å²) in [4.78, 5) is 0. The monoisotopic (exact) mass is 196 g/mol. The van der Waals surface area contributed by atoms with Crippen LogP contribution in [-0.2, 0) is 6.42 Å². The smallest absolute Gasteiger partial charge is 0.103 e. The zero-order valence-electron chi connectivity index (χ0n) is 9.21. The summed E-state index contributed by atoms with van der Waals surface area (Å²) in [6.45, 7) is 6.54. The van der Waals surface area contributed by atoms with Crippen LogP contribution in [0.4, 0.5) is 0 Å². The molecular formula is C11H20N2O. The molecule has 3 N–H and O–H groups in total. The van der Waals surface area contributed by atoms with Crippen LogP contribution in [0.2, 0.25) is 0 Å². The minimum atomic E-state index is 0.182. The van der Waals surface area contributed by atoms with E-state index in [1.54, 1.807) is 6.26 Å². The molecule has 1 aromatic rings. The molecule has 0 aliphatic carbocycles. The Morgan fingerprint density at radius 2 is 2.21 bits per heavy atom. The van der Waals surface area contributed by atoms with Crippen LogP contribution < -0.4 is 11.3 Å². The number of aryl methyl sites for hydroxylation is 1. The fourth-order valence-electron chi connectivity index (χ4n) is 1.51. The van der Waals surface area contributed by atoms with Crippen molar-refractivity contribution in [3.8, 4) is 0 Å². The molecule has 0 saturated heterocycles. The number of hydrogen-bond donors (Lipinski definition) is 2. The summed E-state index contributed by atoms with van der Waals surface area (Å²) < 4.78 is 5.27. The highest BCUT2D eigenvalue weighted by Crippen LogP contribution is 2.22. The minimum Gasteiger partial charge on any atom is -0.469 e. The van der Waals surface area contributed by atoms with Gasteiger partial charge in [-0.1, -0.05) is 20.8 Å². The number of nitrogens with two attached hydrogens (primary N) is 1. The highest BCUT2D eigenvalue weighted by molar-refractivity contribution is 4.99. The zero-order valence-corrected chi connectivity index (χ0v) is 9.21. The van der Waals surface area contributed by atoms with E-state index in [-0.39, 0.29) is 5.41 Å². The van der Waals surface area contributed by atoms with Gasteiger partial charge in [-0.3, -0.25) is 11.3 Å². The van der Waals surface area contributed by atoms with Crippen molar-refractivity contribution in [3.63, 3.8) is 0 Å². The maximum atomic E-state index is 5.52. The van der Waals surface area contributed by atoms with Crippen LogP contribution in [0.1, 0.15) is 33.0 Å². The Hall–Kier alpha value is -0.800. The van der Waals surface area contributed by atoms with E-state index in [0.717, 1.165) is 18.6 Å². The van der Waals surface area contributed by atoms with E-state index in [4.69, 9.17) is 10.3 Å². The first kappa shape index (κ1) is 11.3. The molecule has 3 heteroatoms. The van der Waals surface area contributed by atoms with Crippen LogP contribution in [0.5, 0.6) is 0 Å².